The summed E-state index contributed by atoms with van der Waals surface area (Å²) < 4.78 is 62.9. The van der Waals surface area contributed by atoms with E-state index in [1.54, 1.807) is 12.1 Å². The van der Waals surface area contributed by atoms with Gasteiger partial charge in [-0.15, -0.1) is 0 Å². The summed E-state index contributed by atoms with van der Waals surface area (Å²) in [6.07, 6.45) is -8.37. The molecule has 0 spiro atoms. The van der Waals surface area contributed by atoms with Gasteiger partial charge in [0.2, 0.25) is 5.91 Å². The Morgan fingerprint density at radius 2 is 1.42 bits per heavy atom. The van der Waals surface area contributed by atoms with E-state index in [9.17, 15) is 47.5 Å². The van der Waals surface area contributed by atoms with Crippen molar-refractivity contribution in [2.45, 2.75) is 55.5 Å². The number of carbonyl (C=O) groups excluding carboxylic acids is 1. The minimum Gasteiger partial charge on any atom is -0.394 e. The number of hydrogen-bond donors (Lipinski definition) is 5. The van der Waals surface area contributed by atoms with E-state index in [4.69, 9.17) is 8.92 Å². The Morgan fingerprint density at radius 3 is 2.02 bits per heavy atom. The van der Waals surface area contributed by atoms with Gasteiger partial charge in [0.1, 0.15) is 53.7 Å². The smallest absolute Gasteiger partial charge is 0.311 e. The summed E-state index contributed by atoms with van der Waals surface area (Å²) in [4.78, 5) is 14.8. The van der Waals surface area contributed by atoms with Crippen LogP contribution in [0.2, 0.25) is 0 Å². The molecule has 0 unspecified atom stereocenters. The van der Waals surface area contributed by atoms with Crippen LogP contribution in [0.3, 0.4) is 0 Å². The van der Waals surface area contributed by atoms with Crippen LogP contribution in [0.1, 0.15) is 36.1 Å². The SMILES string of the molecule is O=C1[C@H](CC[C@H](O)c2ccc(F)cc2)[C@@H](c2ccc(OS(=O)(=O)C[C@@H]3O[C@H](CO)[C@@H](O)[C@H](O)[C@H]3O)cc2)N1c1ccc(F)cc1. The molecule has 2 saturated heterocycles. The fourth-order valence-electron chi connectivity index (χ4n) is 5.71. The highest BCUT2D eigenvalue weighted by atomic mass is 32.2. The number of carbonyl (C=O) groups is 1. The van der Waals surface area contributed by atoms with Gasteiger partial charge >= 0.3 is 10.1 Å². The Balaban J connectivity index is 1.31. The second kappa shape index (κ2) is 13.5. The van der Waals surface area contributed by atoms with Crippen LogP contribution in [0.25, 0.3) is 0 Å². The second-order valence-corrected chi connectivity index (χ2v) is 12.7. The van der Waals surface area contributed by atoms with Gasteiger partial charge in [0.05, 0.1) is 24.7 Å². The monoisotopic (exact) mass is 649 g/mol. The molecule has 8 atom stereocenters. The lowest BCUT2D eigenvalue weighted by Crippen LogP contribution is -2.60. The zero-order valence-corrected chi connectivity index (χ0v) is 24.6. The number of rotatable bonds is 11. The molecule has 0 radical (unpaired) electrons. The van der Waals surface area contributed by atoms with Gasteiger partial charge in [-0.2, -0.15) is 8.42 Å². The highest BCUT2D eigenvalue weighted by Gasteiger charge is 2.49. The average molecular weight is 650 g/mol. The highest BCUT2D eigenvalue weighted by Crippen LogP contribution is 2.46. The predicted octanol–water partition coefficient (Wildman–Crippen LogP) is 1.73. The molecule has 14 heteroatoms. The van der Waals surface area contributed by atoms with Crippen molar-refractivity contribution in [3.05, 3.63) is 95.6 Å². The molecule has 2 aliphatic heterocycles. The van der Waals surface area contributed by atoms with Crippen molar-refractivity contribution in [1.82, 2.24) is 0 Å². The van der Waals surface area contributed by atoms with Gasteiger partial charge < -0.3 is 39.4 Å². The Morgan fingerprint density at radius 1 is 0.844 bits per heavy atom. The van der Waals surface area contributed by atoms with E-state index in [2.05, 4.69) is 0 Å². The minimum absolute atomic E-state index is 0.0920. The van der Waals surface area contributed by atoms with E-state index in [0.29, 0.717) is 16.8 Å². The van der Waals surface area contributed by atoms with Crippen LogP contribution in [-0.4, -0.2) is 82.7 Å². The Bertz CT molecular complexity index is 1570. The number of benzene rings is 3. The summed E-state index contributed by atoms with van der Waals surface area (Å²) in [5, 5.41) is 50.1. The number of aliphatic hydroxyl groups excluding tert-OH is 5. The van der Waals surface area contributed by atoms with Crippen LogP contribution in [0.15, 0.2) is 72.8 Å². The first-order valence-corrected chi connectivity index (χ1v) is 15.8. The molecule has 45 heavy (non-hydrogen) atoms. The lowest BCUT2D eigenvalue weighted by Gasteiger charge is -2.48. The van der Waals surface area contributed by atoms with Crippen molar-refractivity contribution in [2.75, 3.05) is 17.3 Å². The number of nitrogens with zero attached hydrogens (tertiary/aromatic N) is 1. The van der Waals surface area contributed by atoms with Crippen LogP contribution in [0, 0.1) is 17.6 Å². The van der Waals surface area contributed by atoms with Crippen LogP contribution < -0.4 is 9.08 Å². The lowest BCUT2D eigenvalue weighted by atomic mass is 9.78. The first kappa shape index (κ1) is 32.9. The van der Waals surface area contributed by atoms with Crippen molar-refractivity contribution in [3.8, 4) is 5.75 Å². The average Bonchev–Trinajstić information content (AvgIpc) is 3.01. The van der Waals surface area contributed by atoms with E-state index < -0.39 is 82.7 Å². The molecule has 3 aromatic rings. The maximum absolute atomic E-state index is 13.6. The normalized spacial score (nSPS) is 27.6. The van der Waals surface area contributed by atoms with Crippen molar-refractivity contribution in [2.24, 2.45) is 5.92 Å². The number of β-lactam (4-membered cyclic amide) rings is 1. The topological polar surface area (TPSA) is 174 Å². The van der Waals surface area contributed by atoms with Crippen molar-refractivity contribution >= 4 is 21.7 Å². The quantitative estimate of drug-likeness (QED) is 0.152. The molecule has 5 N–H and O–H groups in total. The molecule has 242 valence electrons. The fourth-order valence-corrected chi connectivity index (χ4v) is 6.86. The summed E-state index contributed by atoms with van der Waals surface area (Å²) >= 11 is 0. The highest BCUT2D eigenvalue weighted by molar-refractivity contribution is 7.87. The van der Waals surface area contributed by atoms with E-state index in [1.165, 1.54) is 65.6 Å². The Kier molecular flexibility index (Phi) is 9.84. The largest absolute Gasteiger partial charge is 0.394 e. The van der Waals surface area contributed by atoms with Gasteiger partial charge in [-0.3, -0.25) is 4.79 Å². The number of halogens is 2. The van der Waals surface area contributed by atoms with Crippen LogP contribution in [0.4, 0.5) is 14.5 Å². The fraction of sp³-hybridized carbons (Fsp3) is 0.387. The first-order chi connectivity index (χ1) is 21.4. The molecule has 2 heterocycles. The van der Waals surface area contributed by atoms with E-state index in [0.717, 1.165) is 0 Å². The molecule has 0 aromatic heterocycles. The Hall–Kier alpha value is -3.50. The third kappa shape index (κ3) is 7.17. The van der Waals surface area contributed by atoms with Gasteiger partial charge in [-0.05, 0) is 72.5 Å². The van der Waals surface area contributed by atoms with Gasteiger partial charge in [-0.25, -0.2) is 8.78 Å². The molecule has 2 fully saturated rings. The number of anilines is 1. The van der Waals surface area contributed by atoms with Crippen LogP contribution in [-0.2, 0) is 19.6 Å². The predicted molar refractivity (Wildman–Crippen MR) is 155 cm³/mol. The molecular formula is C31H33F2NO10S. The maximum Gasteiger partial charge on any atom is 0.311 e. The molecule has 1 amide bonds. The standard InChI is InChI=1S/C31H33F2NO10S/c32-19-5-1-17(2-6-19)24(36)14-13-23-27(34(31(23)40)21-9-7-20(33)8-10-21)18-3-11-22(12-4-18)44-45(41,42)16-26-29(38)30(39)28(37)25(15-35)43-26/h1-12,23-30,35-39H,13-16H2/t23-,24+,25-,26+,27-,28-,29+,30+/m1/s1. The second-order valence-electron chi connectivity index (χ2n) is 11.1. The van der Waals surface area contributed by atoms with Gasteiger partial charge in [0.15, 0.2) is 0 Å². The zero-order chi connectivity index (χ0) is 32.5. The third-order valence-electron chi connectivity index (χ3n) is 8.13. The molecule has 5 rings (SSSR count). The molecular weight excluding hydrogens is 616 g/mol. The van der Waals surface area contributed by atoms with Crippen LogP contribution >= 0.6 is 0 Å². The molecule has 3 aromatic carbocycles. The summed E-state index contributed by atoms with van der Waals surface area (Å²) in [5.41, 5.74) is 1.56. The molecule has 0 saturated carbocycles. The summed E-state index contributed by atoms with van der Waals surface area (Å²) in [6, 6.07) is 16.1. The number of hydrogen-bond acceptors (Lipinski definition) is 10. The molecule has 11 nitrogen and oxygen atoms in total. The molecule has 2 aliphatic rings. The molecule has 0 bridgehead atoms. The van der Waals surface area contributed by atoms with Crippen molar-refractivity contribution < 1.29 is 56.4 Å². The summed E-state index contributed by atoms with van der Waals surface area (Å²) in [6.45, 7) is -0.714. The Labute approximate surface area is 258 Å². The van der Waals surface area contributed by atoms with Crippen LogP contribution in [0.5, 0.6) is 5.75 Å². The van der Waals surface area contributed by atoms with E-state index in [-0.39, 0.29) is 24.5 Å². The van der Waals surface area contributed by atoms with Gasteiger partial charge in [0.25, 0.3) is 0 Å². The van der Waals surface area contributed by atoms with Crippen molar-refractivity contribution in [1.29, 1.82) is 0 Å². The number of aliphatic hydroxyl groups is 5. The van der Waals surface area contributed by atoms with E-state index in [1.807, 2.05) is 0 Å². The maximum atomic E-state index is 13.6. The molecule has 0 aliphatic carbocycles. The number of ether oxygens (including phenoxy) is 1. The van der Waals surface area contributed by atoms with Gasteiger partial charge in [0, 0.05) is 5.69 Å². The third-order valence-corrected chi connectivity index (χ3v) is 9.31. The zero-order valence-electron chi connectivity index (χ0n) is 23.8. The lowest BCUT2D eigenvalue weighted by molar-refractivity contribution is -0.223. The number of amides is 1. The summed E-state index contributed by atoms with van der Waals surface area (Å²) in [5.74, 6) is -2.72. The first-order valence-electron chi connectivity index (χ1n) is 14.2. The van der Waals surface area contributed by atoms with E-state index >= 15 is 0 Å². The van der Waals surface area contributed by atoms with Gasteiger partial charge in [-0.1, -0.05) is 24.3 Å². The van der Waals surface area contributed by atoms with Crippen molar-refractivity contribution in [3.63, 3.8) is 0 Å². The minimum atomic E-state index is -4.40. The summed E-state index contributed by atoms with van der Waals surface area (Å²) in [7, 11) is -4.40.